The van der Waals surface area contributed by atoms with E-state index in [9.17, 15) is 0 Å². The first-order chi connectivity index (χ1) is 27.7. The van der Waals surface area contributed by atoms with Gasteiger partial charge in [-0.25, -0.2) is 0 Å². The van der Waals surface area contributed by atoms with Gasteiger partial charge in [-0.1, -0.05) is 121 Å². The number of benzene rings is 8. The van der Waals surface area contributed by atoms with E-state index >= 15 is 0 Å². The lowest BCUT2D eigenvalue weighted by Gasteiger charge is -2.29. The van der Waals surface area contributed by atoms with Crippen LogP contribution in [0.5, 0.6) is 11.5 Å². The van der Waals surface area contributed by atoms with Crippen molar-refractivity contribution in [2.24, 2.45) is 0 Å². The SMILES string of the molecule is CCOc1c(C[P+](c2ccccc2)(c2ccccc2)c2ccccc2)ccc2c(OCC)c(C[P+](c3ccccc3)(c3ccccc3)c3ccccc3)ccc12.[Br-].[Br-]. The first-order valence-electron chi connectivity index (χ1n) is 19.6. The Balaban J connectivity index is 0.00000283. The highest BCUT2D eigenvalue weighted by Crippen LogP contribution is 2.61. The van der Waals surface area contributed by atoms with E-state index in [0.717, 1.165) is 34.6 Å². The summed E-state index contributed by atoms with van der Waals surface area (Å²) in [6.45, 7) is 5.31. The molecular formula is C52H48Br2O2P2. The van der Waals surface area contributed by atoms with Crippen LogP contribution in [0.4, 0.5) is 0 Å². The van der Waals surface area contributed by atoms with Crippen molar-refractivity contribution in [1.29, 1.82) is 0 Å². The Labute approximate surface area is 366 Å². The number of fused-ring (bicyclic) bond motifs is 1. The molecule has 8 aromatic rings. The zero-order valence-corrected chi connectivity index (χ0v) is 37.9. The largest absolute Gasteiger partial charge is 1.00 e. The Morgan fingerprint density at radius 3 is 0.741 bits per heavy atom. The number of hydrogen-bond acceptors (Lipinski definition) is 2. The Morgan fingerprint density at radius 2 is 0.534 bits per heavy atom. The minimum atomic E-state index is -2.17. The van der Waals surface area contributed by atoms with E-state index in [1.165, 1.54) is 43.0 Å². The summed E-state index contributed by atoms with van der Waals surface area (Å²) < 4.78 is 13.5. The second-order valence-electron chi connectivity index (χ2n) is 14.0. The van der Waals surface area contributed by atoms with Crippen LogP contribution in [-0.2, 0) is 12.3 Å². The fraction of sp³-hybridized carbons (Fsp3) is 0.115. The van der Waals surface area contributed by atoms with E-state index < -0.39 is 14.5 Å². The predicted octanol–water partition coefficient (Wildman–Crippen LogP) is 4.63. The van der Waals surface area contributed by atoms with Crippen LogP contribution >= 0.6 is 14.5 Å². The first-order valence-corrected chi connectivity index (χ1v) is 23.6. The van der Waals surface area contributed by atoms with E-state index in [1.54, 1.807) is 0 Å². The van der Waals surface area contributed by atoms with Gasteiger partial charge < -0.3 is 43.4 Å². The maximum atomic E-state index is 6.75. The van der Waals surface area contributed by atoms with Crippen LogP contribution in [0.25, 0.3) is 10.8 Å². The average Bonchev–Trinajstić information content (AvgIpc) is 3.28. The number of ether oxygens (including phenoxy) is 2. The zero-order valence-electron chi connectivity index (χ0n) is 32.9. The van der Waals surface area contributed by atoms with Gasteiger partial charge in [0.05, 0.1) is 13.2 Å². The monoisotopic (exact) mass is 924 g/mol. The van der Waals surface area contributed by atoms with Gasteiger partial charge in [0, 0.05) is 21.9 Å². The van der Waals surface area contributed by atoms with Crippen LogP contribution in [0.1, 0.15) is 25.0 Å². The van der Waals surface area contributed by atoms with E-state index in [1.807, 2.05) is 0 Å². The second kappa shape index (κ2) is 19.9. The fourth-order valence-electron chi connectivity index (χ4n) is 8.37. The highest BCUT2D eigenvalue weighted by atomic mass is 79.9. The highest BCUT2D eigenvalue weighted by molar-refractivity contribution is 7.95. The molecule has 2 nitrogen and oxygen atoms in total. The molecule has 0 saturated carbocycles. The molecule has 0 atom stereocenters. The number of halogens is 2. The molecule has 0 heterocycles. The molecule has 0 aliphatic carbocycles. The Kier molecular flexibility index (Phi) is 14.8. The first kappa shape index (κ1) is 43.0. The average molecular weight is 927 g/mol. The molecule has 0 aliphatic rings. The molecule has 0 aliphatic heterocycles. The predicted molar refractivity (Wildman–Crippen MR) is 244 cm³/mol. The van der Waals surface area contributed by atoms with Gasteiger partial charge in [-0.05, 0) is 98.8 Å². The summed E-state index contributed by atoms with van der Waals surface area (Å²) in [4.78, 5) is 0. The standard InChI is InChI=1S/C52H48O2P2.2BrH/c1-3-53-51-41(39-55(43-23-11-5-12-24-43,44-25-13-6-14-26-44)45-27-15-7-16-28-45)35-38-50-49(51)37-36-42(52(50)54-4-2)40-56(46-29-17-8-18-30-46,47-31-19-9-20-32-47)48-33-21-10-22-34-48;;/h5-38H,3-4,39-40H2,1-2H3;2*1H/q+2;;/p-2. The third kappa shape index (κ3) is 8.32. The van der Waals surface area contributed by atoms with Crippen LogP contribution in [0.15, 0.2) is 206 Å². The van der Waals surface area contributed by atoms with Gasteiger partial charge in [0.15, 0.2) is 0 Å². The van der Waals surface area contributed by atoms with Gasteiger partial charge in [-0.15, -0.1) is 0 Å². The van der Waals surface area contributed by atoms with Crippen molar-refractivity contribution in [2.45, 2.75) is 26.2 Å². The molecule has 6 heteroatoms. The molecule has 0 fully saturated rings. The summed E-state index contributed by atoms with van der Waals surface area (Å²) in [6.07, 6.45) is 1.65. The van der Waals surface area contributed by atoms with Gasteiger partial charge in [0.25, 0.3) is 0 Å². The lowest BCUT2D eigenvalue weighted by Crippen LogP contribution is -3.00. The van der Waals surface area contributed by atoms with Gasteiger partial charge in [0.2, 0.25) is 0 Å². The Morgan fingerprint density at radius 1 is 0.310 bits per heavy atom. The van der Waals surface area contributed by atoms with Crippen LogP contribution in [0.2, 0.25) is 0 Å². The van der Waals surface area contributed by atoms with Gasteiger partial charge in [-0.2, -0.15) is 0 Å². The van der Waals surface area contributed by atoms with E-state index in [-0.39, 0.29) is 34.0 Å². The van der Waals surface area contributed by atoms with Crippen molar-refractivity contribution in [3.05, 3.63) is 217 Å². The molecule has 0 amide bonds. The third-order valence-electron chi connectivity index (χ3n) is 10.8. The van der Waals surface area contributed by atoms with Crippen molar-refractivity contribution in [3.8, 4) is 11.5 Å². The smallest absolute Gasteiger partial charge is 0.134 e. The molecule has 0 saturated heterocycles. The number of hydrogen-bond donors (Lipinski definition) is 0. The zero-order chi connectivity index (χ0) is 38.2. The highest BCUT2D eigenvalue weighted by Gasteiger charge is 2.48. The summed E-state index contributed by atoms with van der Waals surface area (Å²) >= 11 is 0. The summed E-state index contributed by atoms with van der Waals surface area (Å²) in [5.41, 5.74) is 2.42. The molecule has 0 radical (unpaired) electrons. The molecule has 0 bridgehead atoms. The van der Waals surface area contributed by atoms with Crippen molar-refractivity contribution < 1.29 is 43.4 Å². The lowest BCUT2D eigenvalue weighted by molar-refractivity contribution is -0.00100. The number of rotatable bonds is 14. The minimum absolute atomic E-state index is 0. The molecule has 0 aromatic heterocycles. The van der Waals surface area contributed by atoms with Gasteiger partial charge >= 0.3 is 0 Å². The van der Waals surface area contributed by atoms with Crippen molar-refractivity contribution in [1.82, 2.24) is 0 Å². The minimum Gasteiger partial charge on any atom is -1.00 e. The molecule has 8 rings (SSSR count). The van der Waals surface area contributed by atoms with Crippen molar-refractivity contribution in [3.63, 3.8) is 0 Å². The molecule has 58 heavy (non-hydrogen) atoms. The molecule has 8 aromatic carbocycles. The van der Waals surface area contributed by atoms with E-state index in [0.29, 0.717) is 13.2 Å². The van der Waals surface area contributed by atoms with Crippen LogP contribution in [0, 0.1) is 0 Å². The fourth-order valence-corrected chi connectivity index (χ4v) is 16.9. The van der Waals surface area contributed by atoms with Crippen molar-refractivity contribution >= 4 is 57.1 Å². The molecule has 292 valence electrons. The maximum Gasteiger partial charge on any atom is 0.134 e. The molecular weight excluding hydrogens is 878 g/mol. The summed E-state index contributed by atoms with van der Waals surface area (Å²) in [5.74, 6) is 1.89. The van der Waals surface area contributed by atoms with E-state index in [4.69, 9.17) is 9.47 Å². The lowest BCUT2D eigenvalue weighted by atomic mass is 10.0. The second-order valence-corrected chi connectivity index (χ2v) is 21.0. The normalized spacial score (nSPS) is 11.3. The summed E-state index contributed by atoms with van der Waals surface area (Å²) in [5, 5.41) is 10.3. The molecule has 0 spiro atoms. The molecule has 0 N–H and O–H groups in total. The van der Waals surface area contributed by atoms with Crippen LogP contribution in [0.3, 0.4) is 0 Å². The topological polar surface area (TPSA) is 18.5 Å². The van der Waals surface area contributed by atoms with Crippen LogP contribution in [-0.4, -0.2) is 13.2 Å². The molecule has 0 unspecified atom stereocenters. The van der Waals surface area contributed by atoms with E-state index in [2.05, 4.69) is 220 Å². The van der Waals surface area contributed by atoms with Gasteiger partial charge in [-0.3, -0.25) is 0 Å². The summed E-state index contributed by atoms with van der Waals surface area (Å²) in [7, 11) is -4.35. The van der Waals surface area contributed by atoms with Crippen molar-refractivity contribution in [2.75, 3.05) is 13.2 Å². The Bertz CT molecular complexity index is 2120. The maximum absolute atomic E-state index is 6.75. The quantitative estimate of drug-likeness (QED) is 0.148. The van der Waals surface area contributed by atoms with Crippen LogP contribution < -0.4 is 75.3 Å². The third-order valence-corrected chi connectivity index (χ3v) is 19.5. The van der Waals surface area contributed by atoms with Gasteiger partial charge in [0.1, 0.15) is 70.2 Å². The summed E-state index contributed by atoms with van der Waals surface area (Å²) in [6, 6.07) is 75.9. The Hall–Kier alpha value is -4.56.